The predicted molar refractivity (Wildman–Crippen MR) is 22.1 cm³/mol. The van der Waals surface area contributed by atoms with E-state index in [9.17, 15) is 0 Å². The Balaban J connectivity index is -0.0000000910. The van der Waals surface area contributed by atoms with E-state index >= 15 is 0 Å². The Morgan fingerprint density at radius 3 is 1.30 bits per heavy atom. The van der Waals surface area contributed by atoms with Crippen LogP contribution in [0, 0.1) is 10.1 Å². The second-order valence-corrected chi connectivity index (χ2v) is 1.58. The van der Waals surface area contributed by atoms with Gasteiger partial charge in [-0.15, -0.1) is 10.1 Å². The molecule has 0 heterocycles. The fourth-order valence-corrected chi connectivity index (χ4v) is 0. The van der Waals surface area contributed by atoms with Crippen LogP contribution in [0.15, 0.2) is 0 Å². The van der Waals surface area contributed by atoms with Crippen molar-refractivity contribution < 1.29 is 29.5 Å². The van der Waals surface area contributed by atoms with Crippen molar-refractivity contribution in [3.63, 3.8) is 0 Å². The zero-order valence-electron chi connectivity index (χ0n) is 4.37. The van der Waals surface area contributed by atoms with Crippen molar-refractivity contribution in [2.45, 2.75) is 0 Å². The summed E-state index contributed by atoms with van der Waals surface area (Å²) < 4.78 is 8.55. The molecule has 0 aliphatic heterocycles. The van der Waals surface area contributed by atoms with Gasteiger partial charge in [0, 0.05) is 0 Å². The SMILES string of the molecule is O=P([O-])([O-])[O-].O=[N+]([O-])O.[Al+3]. The molecule has 0 aliphatic rings. The molecule has 0 fully saturated rings. The van der Waals surface area contributed by atoms with Crippen molar-refractivity contribution in [1.29, 1.82) is 0 Å². The number of hydrogen-bond acceptors (Lipinski definition) is 6. The normalized spacial score (nSPS) is 8.30. The maximum Gasteiger partial charge on any atom is 3.00 e. The second-order valence-electron chi connectivity index (χ2n) is 0.685. The van der Waals surface area contributed by atoms with E-state index in [0.717, 1.165) is 0 Å². The van der Waals surface area contributed by atoms with Gasteiger partial charge in [0.25, 0.3) is 5.09 Å². The van der Waals surface area contributed by atoms with Crippen LogP contribution in [0.1, 0.15) is 0 Å². The quantitative estimate of drug-likeness (QED) is 0.177. The van der Waals surface area contributed by atoms with E-state index in [1.807, 2.05) is 0 Å². The summed E-state index contributed by atoms with van der Waals surface area (Å²) in [6.07, 6.45) is 0. The van der Waals surface area contributed by atoms with E-state index in [1.54, 1.807) is 0 Å². The van der Waals surface area contributed by atoms with Crippen LogP contribution in [0.4, 0.5) is 0 Å². The molecule has 0 aliphatic carbocycles. The molecule has 10 heavy (non-hydrogen) atoms. The Hall–Kier alpha value is -0.158. The number of hydrogen-bond donors (Lipinski definition) is 1. The first-order valence-corrected chi connectivity index (χ1v) is 2.76. The van der Waals surface area contributed by atoms with Crippen molar-refractivity contribution in [2.75, 3.05) is 0 Å². The van der Waals surface area contributed by atoms with Gasteiger partial charge in [-0.05, 0) is 0 Å². The van der Waals surface area contributed by atoms with Crippen LogP contribution in [0.2, 0.25) is 0 Å². The van der Waals surface area contributed by atoms with E-state index in [1.165, 1.54) is 0 Å². The maximum absolute atomic E-state index is 8.55. The number of phosphoric acid groups is 1. The van der Waals surface area contributed by atoms with Gasteiger partial charge in [0.05, 0.1) is 0 Å². The van der Waals surface area contributed by atoms with Crippen LogP contribution >= 0.6 is 7.82 Å². The summed E-state index contributed by atoms with van der Waals surface area (Å²) in [4.78, 5) is 34.0. The van der Waals surface area contributed by atoms with Crippen molar-refractivity contribution in [2.24, 2.45) is 0 Å². The minimum absolute atomic E-state index is 0. The third kappa shape index (κ3) is 14800. The molecule has 0 rings (SSSR count). The van der Waals surface area contributed by atoms with Gasteiger partial charge in [0.1, 0.15) is 0 Å². The van der Waals surface area contributed by atoms with Crippen LogP contribution in [-0.4, -0.2) is 27.7 Å². The molecule has 0 radical (unpaired) electrons. The molecular weight excluding hydrogens is 184 g/mol. The van der Waals surface area contributed by atoms with Crippen LogP contribution in [0.3, 0.4) is 0 Å². The summed E-state index contributed by atoms with van der Waals surface area (Å²) in [6, 6.07) is 0. The molecule has 0 spiro atoms. The Labute approximate surface area is 65.6 Å². The second kappa shape index (κ2) is 6.96. The van der Waals surface area contributed by atoms with E-state index in [4.69, 9.17) is 34.6 Å². The Bertz CT molecular complexity index is 113. The topological polar surface area (TPSA) is 150 Å². The van der Waals surface area contributed by atoms with Gasteiger partial charge >= 0.3 is 17.4 Å². The number of nitrogens with zero attached hydrogens (tertiary/aromatic N) is 1. The smallest absolute Gasteiger partial charge is 0.822 e. The predicted octanol–water partition coefficient (Wildman–Crippen LogP) is -3.55. The van der Waals surface area contributed by atoms with Gasteiger partial charge in [0.15, 0.2) is 0 Å². The summed E-state index contributed by atoms with van der Waals surface area (Å²) in [7, 11) is -5.39. The van der Waals surface area contributed by atoms with Crippen molar-refractivity contribution in [1.82, 2.24) is 0 Å². The standard InChI is InChI=1S/Al.HNO3.H3O4P/c;2-1(3)4;1-5(2,3)4/h;(H,2,3,4);(H3,1,2,3,4)/q+3;;/p-3. The summed E-state index contributed by atoms with van der Waals surface area (Å²) in [5.74, 6) is 0. The minimum atomic E-state index is -5.39. The van der Waals surface area contributed by atoms with E-state index < -0.39 is 12.9 Å². The zero-order chi connectivity index (χ0) is 8.08. The molecule has 1 N–H and O–H groups in total. The molecular formula is HAlNO7P. The van der Waals surface area contributed by atoms with E-state index in [-0.39, 0.29) is 17.4 Å². The first-order valence-electron chi connectivity index (χ1n) is 1.30. The first kappa shape index (κ1) is 16.4. The van der Waals surface area contributed by atoms with Gasteiger partial charge in [-0.25, -0.2) is 0 Å². The molecule has 0 saturated heterocycles. The van der Waals surface area contributed by atoms with Crippen LogP contribution in [0.5, 0.6) is 0 Å². The third-order valence-corrected chi connectivity index (χ3v) is 0. The molecule has 0 unspecified atom stereocenters. The molecule has 0 bridgehead atoms. The third-order valence-electron chi connectivity index (χ3n) is 0. The molecule has 8 nitrogen and oxygen atoms in total. The average molecular weight is 185 g/mol. The van der Waals surface area contributed by atoms with Crippen molar-refractivity contribution in [3.8, 4) is 0 Å². The summed E-state index contributed by atoms with van der Waals surface area (Å²) in [5, 5.41) is 13.6. The van der Waals surface area contributed by atoms with Crippen LogP contribution < -0.4 is 14.7 Å². The number of rotatable bonds is 0. The van der Waals surface area contributed by atoms with Gasteiger partial charge in [-0.3, -0.25) is 0 Å². The van der Waals surface area contributed by atoms with Gasteiger partial charge in [-0.2, -0.15) is 7.82 Å². The molecule has 10 heteroatoms. The average Bonchev–Trinajstić information content (AvgIpc) is 1.19. The van der Waals surface area contributed by atoms with Gasteiger partial charge < -0.3 is 24.5 Å². The fraction of sp³-hybridized carbons (Fsp3) is 0. The summed E-state index contributed by atoms with van der Waals surface area (Å²) >= 11 is 0. The molecule has 0 aromatic rings. The van der Waals surface area contributed by atoms with Gasteiger partial charge in [0.2, 0.25) is 0 Å². The summed E-state index contributed by atoms with van der Waals surface area (Å²) in [6.45, 7) is 0. The van der Waals surface area contributed by atoms with E-state index in [0.29, 0.717) is 0 Å². The Morgan fingerprint density at radius 2 is 1.30 bits per heavy atom. The molecule has 0 amide bonds. The fourth-order valence-electron chi connectivity index (χ4n) is 0. The Morgan fingerprint density at radius 1 is 1.30 bits per heavy atom. The monoisotopic (exact) mass is 185 g/mol. The minimum Gasteiger partial charge on any atom is -0.822 e. The molecule has 0 aromatic heterocycles. The van der Waals surface area contributed by atoms with Crippen molar-refractivity contribution >= 4 is 25.2 Å². The Kier molecular flexibility index (Phi) is 11.4. The van der Waals surface area contributed by atoms with Crippen LogP contribution in [0.25, 0.3) is 0 Å². The van der Waals surface area contributed by atoms with Crippen molar-refractivity contribution in [3.05, 3.63) is 10.1 Å². The van der Waals surface area contributed by atoms with E-state index in [2.05, 4.69) is 0 Å². The van der Waals surface area contributed by atoms with Gasteiger partial charge in [-0.1, -0.05) is 0 Å². The molecule has 0 aromatic carbocycles. The largest absolute Gasteiger partial charge is 3.00 e. The van der Waals surface area contributed by atoms with Crippen LogP contribution in [-0.2, 0) is 4.57 Å². The summed E-state index contributed by atoms with van der Waals surface area (Å²) in [5.41, 5.74) is 0. The molecule has 0 atom stereocenters. The molecule has 0 saturated carbocycles. The maximum atomic E-state index is 8.55. The zero-order valence-corrected chi connectivity index (χ0v) is 6.42. The first-order chi connectivity index (χ1) is 3.73. The molecule has 56 valence electrons.